The number of benzene rings is 1. The predicted octanol–water partition coefficient (Wildman–Crippen LogP) is 4.78. The van der Waals surface area contributed by atoms with Gasteiger partial charge in [0.05, 0.1) is 0 Å². The average Bonchev–Trinajstić information content (AvgIpc) is 2.10. The van der Waals surface area contributed by atoms with Crippen LogP contribution in [-0.2, 0) is 6.42 Å². The fourth-order valence-corrected chi connectivity index (χ4v) is 2.29. The maximum absolute atomic E-state index is 12.2. The molecule has 16 heavy (non-hydrogen) atoms. The van der Waals surface area contributed by atoms with Crippen LogP contribution in [0.15, 0.2) is 23.1 Å². The van der Waals surface area contributed by atoms with Gasteiger partial charge in [0.15, 0.2) is 0 Å². The molecule has 0 bridgehead atoms. The van der Waals surface area contributed by atoms with Crippen molar-refractivity contribution < 1.29 is 13.2 Å². The van der Waals surface area contributed by atoms with Crippen LogP contribution in [0.1, 0.15) is 17.5 Å². The van der Waals surface area contributed by atoms with Crippen LogP contribution in [0.5, 0.6) is 0 Å². The summed E-state index contributed by atoms with van der Waals surface area (Å²) in [6, 6.07) is 5.02. The minimum atomic E-state index is -4.22. The highest BCUT2D eigenvalue weighted by molar-refractivity contribution is 8.00. The molecule has 0 nitrogen and oxygen atoms in total. The molecule has 0 heterocycles. The van der Waals surface area contributed by atoms with Crippen molar-refractivity contribution in [3.63, 3.8) is 0 Å². The van der Waals surface area contributed by atoms with Gasteiger partial charge in [-0.1, -0.05) is 6.07 Å². The van der Waals surface area contributed by atoms with Crippen molar-refractivity contribution in [3.05, 3.63) is 29.3 Å². The Morgan fingerprint density at radius 2 is 1.94 bits per heavy atom. The van der Waals surface area contributed by atoms with Crippen LogP contribution in [-0.4, -0.2) is 11.4 Å². The van der Waals surface area contributed by atoms with Crippen molar-refractivity contribution in [2.75, 3.05) is 5.88 Å². The molecule has 0 aromatic heterocycles. The third-order valence-electron chi connectivity index (χ3n) is 1.94. The second-order valence-corrected chi connectivity index (χ2v) is 5.01. The number of hydrogen-bond donors (Lipinski definition) is 0. The molecule has 0 atom stereocenters. The Labute approximate surface area is 102 Å². The van der Waals surface area contributed by atoms with E-state index in [-0.39, 0.29) is 16.7 Å². The molecule has 0 aliphatic rings. The van der Waals surface area contributed by atoms with Crippen LogP contribution in [0.2, 0.25) is 0 Å². The van der Waals surface area contributed by atoms with E-state index >= 15 is 0 Å². The molecule has 90 valence electrons. The zero-order chi connectivity index (χ0) is 12.2. The quantitative estimate of drug-likeness (QED) is 0.559. The summed E-state index contributed by atoms with van der Waals surface area (Å²) in [7, 11) is 0. The molecule has 0 aliphatic carbocycles. The molecule has 0 aliphatic heterocycles. The average molecular weight is 269 g/mol. The third kappa shape index (κ3) is 5.12. The van der Waals surface area contributed by atoms with Crippen molar-refractivity contribution in [1.29, 1.82) is 0 Å². The van der Waals surface area contributed by atoms with Gasteiger partial charge >= 0.3 is 5.51 Å². The molecule has 0 radical (unpaired) electrons. The standard InChI is InChI=1S/C11H12ClF3S/c1-8-5-9(3-2-4-12)7-10(6-8)16-11(13,14)15/h5-7H,2-4H2,1H3. The highest BCUT2D eigenvalue weighted by Crippen LogP contribution is 2.37. The van der Waals surface area contributed by atoms with E-state index in [1.165, 1.54) is 0 Å². The minimum Gasteiger partial charge on any atom is -0.160 e. The predicted molar refractivity (Wildman–Crippen MR) is 62.1 cm³/mol. The van der Waals surface area contributed by atoms with Gasteiger partial charge in [0, 0.05) is 10.8 Å². The van der Waals surface area contributed by atoms with E-state index in [1.807, 2.05) is 6.07 Å². The van der Waals surface area contributed by atoms with Crippen molar-refractivity contribution in [2.45, 2.75) is 30.2 Å². The number of hydrogen-bond acceptors (Lipinski definition) is 1. The van der Waals surface area contributed by atoms with Crippen LogP contribution >= 0.6 is 23.4 Å². The monoisotopic (exact) mass is 268 g/mol. The second-order valence-electron chi connectivity index (χ2n) is 3.49. The maximum atomic E-state index is 12.2. The molecule has 0 spiro atoms. The Morgan fingerprint density at radius 3 is 2.50 bits per heavy atom. The highest BCUT2D eigenvalue weighted by atomic mass is 35.5. The van der Waals surface area contributed by atoms with Gasteiger partial charge in [-0.2, -0.15) is 13.2 Å². The fraction of sp³-hybridized carbons (Fsp3) is 0.455. The molecule has 0 unspecified atom stereocenters. The molecule has 0 fully saturated rings. The van der Waals surface area contributed by atoms with Crippen molar-refractivity contribution in [1.82, 2.24) is 0 Å². The first-order valence-electron chi connectivity index (χ1n) is 4.83. The molecule has 1 rings (SSSR count). The van der Waals surface area contributed by atoms with Crippen LogP contribution in [0.25, 0.3) is 0 Å². The molecular formula is C11H12ClF3S. The molecule has 0 saturated carbocycles. The lowest BCUT2D eigenvalue weighted by atomic mass is 10.1. The summed E-state index contributed by atoms with van der Waals surface area (Å²) >= 11 is 5.48. The number of halogens is 4. The molecular weight excluding hydrogens is 257 g/mol. The lowest BCUT2D eigenvalue weighted by Gasteiger charge is -2.09. The van der Waals surface area contributed by atoms with E-state index in [9.17, 15) is 13.2 Å². The van der Waals surface area contributed by atoms with Gasteiger partial charge in [-0.3, -0.25) is 0 Å². The van der Waals surface area contributed by atoms with Gasteiger partial charge < -0.3 is 0 Å². The number of thioether (sulfide) groups is 1. The Hall–Kier alpha value is -0.350. The molecule has 0 amide bonds. The summed E-state index contributed by atoms with van der Waals surface area (Å²) in [5, 5.41) is 0. The molecule has 1 aromatic carbocycles. The SMILES string of the molecule is Cc1cc(CCCCl)cc(SC(F)(F)F)c1. The molecule has 0 saturated heterocycles. The molecule has 5 heteroatoms. The topological polar surface area (TPSA) is 0 Å². The van der Waals surface area contributed by atoms with E-state index in [0.29, 0.717) is 5.88 Å². The van der Waals surface area contributed by atoms with E-state index in [1.54, 1.807) is 19.1 Å². The van der Waals surface area contributed by atoms with Crippen molar-refractivity contribution >= 4 is 23.4 Å². The van der Waals surface area contributed by atoms with Gasteiger partial charge in [0.25, 0.3) is 0 Å². The first kappa shape index (κ1) is 13.7. The molecule has 1 aromatic rings. The Bertz CT molecular complexity index is 350. The summed E-state index contributed by atoms with van der Waals surface area (Å²) in [5.74, 6) is 0.524. The largest absolute Gasteiger partial charge is 0.446 e. The number of alkyl halides is 4. The number of rotatable bonds is 4. The van der Waals surface area contributed by atoms with Gasteiger partial charge in [0.1, 0.15) is 0 Å². The van der Waals surface area contributed by atoms with Crippen molar-refractivity contribution in [3.8, 4) is 0 Å². The van der Waals surface area contributed by atoms with Crippen molar-refractivity contribution in [2.24, 2.45) is 0 Å². The minimum absolute atomic E-state index is 0.0705. The van der Waals surface area contributed by atoms with Gasteiger partial charge in [0.2, 0.25) is 0 Å². The summed E-state index contributed by atoms with van der Waals surface area (Å²) in [6.45, 7) is 1.80. The van der Waals surface area contributed by atoms with E-state index < -0.39 is 5.51 Å². The Morgan fingerprint density at radius 1 is 1.25 bits per heavy atom. The lowest BCUT2D eigenvalue weighted by molar-refractivity contribution is -0.0328. The van der Waals surface area contributed by atoms with Crippen LogP contribution in [0.4, 0.5) is 13.2 Å². The van der Waals surface area contributed by atoms with E-state index in [4.69, 9.17) is 11.6 Å². The third-order valence-corrected chi connectivity index (χ3v) is 2.91. The number of aryl methyl sites for hydroxylation is 2. The second kappa shape index (κ2) is 5.82. The highest BCUT2D eigenvalue weighted by Gasteiger charge is 2.29. The summed E-state index contributed by atoms with van der Waals surface area (Å²) in [6.07, 6.45) is 1.50. The lowest BCUT2D eigenvalue weighted by Crippen LogP contribution is -1.99. The smallest absolute Gasteiger partial charge is 0.160 e. The first-order valence-corrected chi connectivity index (χ1v) is 6.18. The maximum Gasteiger partial charge on any atom is 0.446 e. The zero-order valence-electron chi connectivity index (χ0n) is 8.77. The van der Waals surface area contributed by atoms with Gasteiger partial charge in [-0.15, -0.1) is 11.6 Å². The molecule has 0 N–H and O–H groups in total. The normalized spacial score (nSPS) is 11.8. The van der Waals surface area contributed by atoms with E-state index in [0.717, 1.165) is 24.0 Å². The summed E-state index contributed by atoms with van der Waals surface area (Å²) < 4.78 is 36.6. The van der Waals surface area contributed by atoms with Crippen LogP contribution in [0.3, 0.4) is 0 Å². The first-order chi connectivity index (χ1) is 7.40. The van der Waals surface area contributed by atoms with Crippen LogP contribution < -0.4 is 0 Å². The van der Waals surface area contributed by atoms with E-state index in [2.05, 4.69) is 0 Å². The fourth-order valence-electron chi connectivity index (χ4n) is 1.43. The Kier molecular flexibility index (Phi) is 4.99. The van der Waals surface area contributed by atoms with Gasteiger partial charge in [-0.05, 0) is 54.8 Å². The summed E-state index contributed by atoms with van der Waals surface area (Å²) in [5.41, 5.74) is -2.47. The van der Waals surface area contributed by atoms with Gasteiger partial charge in [-0.25, -0.2) is 0 Å². The Balaban J connectivity index is 2.81. The zero-order valence-corrected chi connectivity index (χ0v) is 10.3. The summed E-state index contributed by atoms with van der Waals surface area (Å²) in [4.78, 5) is 0.247. The van der Waals surface area contributed by atoms with Crippen LogP contribution in [0, 0.1) is 6.92 Å².